The fourth-order valence-electron chi connectivity index (χ4n) is 2.13. The molecule has 2 heterocycles. The van der Waals surface area contributed by atoms with Gasteiger partial charge in [-0.2, -0.15) is 0 Å². The topological polar surface area (TPSA) is 47.8 Å². The summed E-state index contributed by atoms with van der Waals surface area (Å²) < 4.78 is 13.5. The maximum Gasteiger partial charge on any atom is 0.128 e. The quantitative estimate of drug-likeness (QED) is 0.812. The first kappa shape index (κ1) is 13.5. The van der Waals surface area contributed by atoms with Gasteiger partial charge in [-0.05, 0) is 19.9 Å². The smallest absolute Gasteiger partial charge is 0.128 e. The standard InChI is InChI=1S/C12H16ClN3OS/c1-8(7-18(3)17)16-11-4-5-14-6-10(11)15-12(16)9(2)13/h4-6,8-9H,7H2,1-3H3. The van der Waals surface area contributed by atoms with Gasteiger partial charge in [0.1, 0.15) is 11.3 Å². The summed E-state index contributed by atoms with van der Waals surface area (Å²) in [6.07, 6.45) is 5.17. The van der Waals surface area contributed by atoms with E-state index in [-0.39, 0.29) is 11.4 Å². The minimum absolute atomic E-state index is 0.0967. The van der Waals surface area contributed by atoms with E-state index in [1.54, 1.807) is 18.6 Å². The van der Waals surface area contributed by atoms with Crippen LogP contribution >= 0.6 is 11.6 Å². The van der Waals surface area contributed by atoms with Crippen molar-refractivity contribution in [3.05, 3.63) is 24.3 Å². The average molecular weight is 286 g/mol. The number of fused-ring (bicyclic) bond motifs is 1. The predicted molar refractivity (Wildman–Crippen MR) is 75.4 cm³/mol. The van der Waals surface area contributed by atoms with Crippen LogP contribution in [0.1, 0.15) is 31.1 Å². The second-order valence-corrected chi connectivity index (χ2v) is 6.54. The van der Waals surface area contributed by atoms with Crippen molar-refractivity contribution in [1.29, 1.82) is 0 Å². The Morgan fingerprint density at radius 1 is 1.50 bits per heavy atom. The van der Waals surface area contributed by atoms with Crippen LogP contribution in [0, 0.1) is 0 Å². The van der Waals surface area contributed by atoms with Gasteiger partial charge in [-0.3, -0.25) is 9.19 Å². The van der Waals surface area contributed by atoms with Gasteiger partial charge in [0.15, 0.2) is 0 Å². The van der Waals surface area contributed by atoms with Crippen LogP contribution < -0.4 is 0 Å². The number of aromatic nitrogens is 3. The second kappa shape index (κ2) is 5.36. The molecule has 0 amide bonds. The molecule has 0 fully saturated rings. The van der Waals surface area contributed by atoms with E-state index in [9.17, 15) is 4.21 Å². The zero-order valence-electron chi connectivity index (χ0n) is 10.6. The molecule has 0 bridgehead atoms. The van der Waals surface area contributed by atoms with E-state index in [1.807, 2.05) is 19.9 Å². The molecule has 2 aromatic heterocycles. The first-order valence-electron chi connectivity index (χ1n) is 5.76. The van der Waals surface area contributed by atoms with Crippen LogP contribution in [0.3, 0.4) is 0 Å². The van der Waals surface area contributed by atoms with Gasteiger partial charge in [-0.25, -0.2) is 4.98 Å². The summed E-state index contributed by atoms with van der Waals surface area (Å²) in [7, 11) is -0.852. The minimum Gasteiger partial charge on any atom is -0.323 e. The molecule has 0 aliphatic heterocycles. The van der Waals surface area contributed by atoms with Crippen molar-refractivity contribution in [3.63, 3.8) is 0 Å². The van der Waals surface area contributed by atoms with E-state index in [0.717, 1.165) is 16.9 Å². The highest BCUT2D eigenvalue weighted by Gasteiger charge is 2.19. The number of halogens is 1. The van der Waals surface area contributed by atoms with E-state index in [4.69, 9.17) is 11.6 Å². The minimum atomic E-state index is -0.852. The van der Waals surface area contributed by atoms with Crippen molar-refractivity contribution in [3.8, 4) is 0 Å². The third-order valence-electron chi connectivity index (χ3n) is 2.79. The average Bonchev–Trinajstić information content (AvgIpc) is 2.67. The Labute approximate surface area is 114 Å². The Kier molecular flexibility index (Phi) is 4.02. The molecule has 3 atom stereocenters. The first-order chi connectivity index (χ1) is 8.50. The molecular weight excluding hydrogens is 270 g/mol. The van der Waals surface area contributed by atoms with E-state index in [0.29, 0.717) is 5.75 Å². The SMILES string of the molecule is CC(Cl)c1nc2cnccc2n1C(C)CS(C)=O. The van der Waals surface area contributed by atoms with Crippen LogP contribution in [0.4, 0.5) is 0 Å². The summed E-state index contributed by atoms with van der Waals surface area (Å²) in [4.78, 5) is 8.58. The van der Waals surface area contributed by atoms with Crippen LogP contribution in [0.5, 0.6) is 0 Å². The van der Waals surface area contributed by atoms with Crippen molar-refractivity contribution >= 4 is 33.4 Å². The Hall–Kier alpha value is -0.940. The molecule has 18 heavy (non-hydrogen) atoms. The van der Waals surface area contributed by atoms with Gasteiger partial charge in [0.2, 0.25) is 0 Å². The van der Waals surface area contributed by atoms with Crippen LogP contribution in [-0.4, -0.2) is 30.8 Å². The van der Waals surface area contributed by atoms with Gasteiger partial charge >= 0.3 is 0 Å². The summed E-state index contributed by atoms with van der Waals surface area (Å²) in [6.45, 7) is 3.92. The molecule has 0 saturated carbocycles. The molecule has 2 aromatic rings. The first-order valence-corrected chi connectivity index (χ1v) is 7.93. The van der Waals surface area contributed by atoms with E-state index in [2.05, 4.69) is 14.5 Å². The number of hydrogen-bond acceptors (Lipinski definition) is 3. The molecule has 2 rings (SSSR count). The van der Waals surface area contributed by atoms with Gasteiger partial charge in [-0.15, -0.1) is 11.6 Å². The fraction of sp³-hybridized carbons (Fsp3) is 0.500. The Bertz CT molecular complexity index is 582. The van der Waals surface area contributed by atoms with Crippen molar-refractivity contribution in [2.45, 2.75) is 25.3 Å². The predicted octanol–water partition coefficient (Wildman–Crippen LogP) is 2.67. The normalized spacial score (nSPS) is 16.7. The summed E-state index contributed by atoms with van der Waals surface area (Å²) >= 11 is 6.18. The summed E-state index contributed by atoms with van der Waals surface area (Å²) in [5, 5.41) is -0.190. The number of pyridine rings is 1. The van der Waals surface area contributed by atoms with Gasteiger partial charge in [-0.1, -0.05) is 0 Å². The second-order valence-electron chi connectivity index (χ2n) is 4.41. The third kappa shape index (κ3) is 2.57. The Morgan fingerprint density at radius 2 is 2.22 bits per heavy atom. The molecule has 0 saturated heterocycles. The lowest BCUT2D eigenvalue weighted by Gasteiger charge is -2.17. The van der Waals surface area contributed by atoms with Gasteiger partial charge < -0.3 is 4.57 Å². The highest BCUT2D eigenvalue weighted by molar-refractivity contribution is 7.84. The van der Waals surface area contributed by atoms with Crippen LogP contribution in [0.2, 0.25) is 0 Å². The van der Waals surface area contributed by atoms with E-state index >= 15 is 0 Å². The molecule has 3 unspecified atom stereocenters. The molecular formula is C12H16ClN3OS. The molecule has 0 aliphatic rings. The summed E-state index contributed by atoms with van der Waals surface area (Å²) in [6, 6.07) is 2.01. The number of nitrogens with zero attached hydrogens (tertiary/aromatic N) is 3. The molecule has 4 nitrogen and oxygen atoms in total. The van der Waals surface area contributed by atoms with Gasteiger partial charge in [0.25, 0.3) is 0 Å². The highest BCUT2D eigenvalue weighted by atomic mass is 35.5. The summed E-state index contributed by atoms with van der Waals surface area (Å²) in [5.41, 5.74) is 1.82. The Balaban J connectivity index is 2.58. The Morgan fingerprint density at radius 3 is 2.83 bits per heavy atom. The zero-order valence-corrected chi connectivity index (χ0v) is 12.2. The van der Waals surface area contributed by atoms with Crippen LogP contribution in [-0.2, 0) is 10.8 Å². The highest BCUT2D eigenvalue weighted by Crippen LogP contribution is 2.27. The molecule has 0 spiro atoms. The van der Waals surface area contributed by atoms with Crippen LogP contribution in [0.25, 0.3) is 11.0 Å². The molecule has 0 aliphatic carbocycles. The van der Waals surface area contributed by atoms with Gasteiger partial charge in [0, 0.05) is 35.0 Å². The lowest BCUT2D eigenvalue weighted by atomic mass is 10.3. The molecule has 98 valence electrons. The molecule has 0 aromatic carbocycles. The maximum atomic E-state index is 11.4. The zero-order chi connectivity index (χ0) is 13.3. The maximum absolute atomic E-state index is 11.4. The number of hydrogen-bond donors (Lipinski definition) is 0. The molecule has 0 radical (unpaired) electrons. The van der Waals surface area contributed by atoms with Gasteiger partial charge in [0.05, 0.1) is 17.1 Å². The lowest BCUT2D eigenvalue weighted by molar-refractivity contribution is 0.583. The van der Waals surface area contributed by atoms with Crippen molar-refractivity contribution in [1.82, 2.24) is 14.5 Å². The molecule has 6 heteroatoms. The lowest BCUT2D eigenvalue weighted by Crippen LogP contribution is -2.15. The van der Waals surface area contributed by atoms with E-state index < -0.39 is 10.8 Å². The number of imidazole rings is 1. The summed E-state index contributed by atoms with van der Waals surface area (Å²) in [5.74, 6) is 1.39. The molecule has 0 N–H and O–H groups in total. The van der Waals surface area contributed by atoms with Crippen LogP contribution in [0.15, 0.2) is 18.5 Å². The van der Waals surface area contributed by atoms with Crippen molar-refractivity contribution in [2.75, 3.05) is 12.0 Å². The van der Waals surface area contributed by atoms with Crippen molar-refractivity contribution < 1.29 is 4.21 Å². The fourth-order valence-corrected chi connectivity index (χ4v) is 3.11. The van der Waals surface area contributed by atoms with E-state index in [1.165, 1.54) is 0 Å². The monoisotopic (exact) mass is 285 g/mol. The van der Waals surface area contributed by atoms with Crippen molar-refractivity contribution in [2.24, 2.45) is 0 Å². The third-order valence-corrected chi connectivity index (χ3v) is 3.94. The largest absolute Gasteiger partial charge is 0.323 e. The number of alkyl halides is 1. The number of rotatable bonds is 4.